The molecule has 2 rings (SSSR count). The summed E-state index contributed by atoms with van der Waals surface area (Å²) in [5.41, 5.74) is 4.35. The molecule has 13 heavy (non-hydrogen) atoms. The Morgan fingerprint density at radius 2 is 2.23 bits per heavy atom. The second kappa shape index (κ2) is 3.51. The van der Waals surface area contributed by atoms with Crippen molar-refractivity contribution in [1.29, 1.82) is 0 Å². The molecule has 1 N–H and O–H groups in total. The van der Waals surface area contributed by atoms with E-state index in [9.17, 15) is 5.11 Å². The van der Waals surface area contributed by atoms with E-state index in [2.05, 4.69) is 18.2 Å². The van der Waals surface area contributed by atoms with Gasteiger partial charge in [0.2, 0.25) is 0 Å². The zero-order chi connectivity index (χ0) is 9.26. The van der Waals surface area contributed by atoms with Gasteiger partial charge in [-0.15, -0.1) is 0 Å². The molecule has 0 aliphatic heterocycles. The van der Waals surface area contributed by atoms with Gasteiger partial charge in [0.1, 0.15) is 0 Å². The van der Waals surface area contributed by atoms with Crippen molar-refractivity contribution in [2.45, 2.75) is 38.7 Å². The Balaban J connectivity index is 2.30. The summed E-state index contributed by atoms with van der Waals surface area (Å²) in [5.74, 6) is 0. The molecule has 1 aliphatic carbocycles. The van der Waals surface area contributed by atoms with Crippen LogP contribution in [0.15, 0.2) is 18.2 Å². The third kappa shape index (κ3) is 1.75. The molecule has 0 heterocycles. The molecule has 1 atom stereocenters. The quantitative estimate of drug-likeness (QED) is 0.731. The standard InChI is InChI=1S/C12H16O/c1-9(13)8-11-6-2-4-10-5-3-7-12(10)11/h2,4,6,9,13H,3,5,7-8H2,1H3/t9-/m0/s1. The first-order valence-corrected chi connectivity index (χ1v) is 5.05. The van der Waals surface area contributed by atoms with E-state index < -0.39 is 0 Å². The van der Waals surface area contributed by atoms with Crippen molar-refractivity contribution >= 4 is 0 Å². The molecule has 0 unspecified atom stereocenters. The van der Waals surface area contributed by atoms with Crippen LogP contribution in [0.25, 0.3) is 0 Å². The number of hydrogen-bond acceptors (Lipinski definition) is 1. The molecular formula is C12H16O. The van der Waals surface area contributed by atoms with Crippen molar-refractivity contribution in [1.82, 2.24) is 0 Å². The van der Waals surface area contributed by atoms with Crippen LogP contribution < -0.4 is 0 Å². The zero-order valence-electron chi connectivity index (χ0n) is 8.09. The Bertz CT molecular complexity index is 302. The summed E-state index contributed by atoms with van der Waals surface area (Å²) in [6.07, 6.45) is 4.31. The van der Waals surface area contributed by atoms with Gasteiger partial charge in [0.25, 0.3) is 0 Å². The Labute approximate surface area is 79.4 Å². The van der Waals surface area contributed by atoms with Crippen LogP contribution in [0.5, 0.6) is 0 Å². The molecule has 0 saturated carbocycles. The van der Waals surface area contributed by atoms with Crippen molar-refractivity contribution in [3.63, 3.8) is 0 Å². The second-order valence-corrected chi connectivity index (χ2v) is 3.96. The van der Waals surface area contributed by atoms with Crippen molar-refractivity contribution in [2.24, 2.45) is 0 Å². The maximum absolute atomic E-state index is 9.34. The maximum atomic E-state index is 9.34. The molecule has 0 bridgehead atoms. The van der Waals surface area contributed by atoms with Crippen molar-refractivity contribution < 1.29 is 5.11 Å². The van der Waals surface area contributed by atoms with E-state index in [1.165, 1.54) is 36.0 Å². The number of hydrogen-bond donors (Lipinski definition) is 1. The highest BCUT2D eigenvalue weighted by molar-refractivity contribution is 5.38. The van der Waals surface area contributed by atoms with Crippen LogP contribution in [-0.4, -0.2) is 11.2 Å². The van der Waals surface area contributed by atoms with Crippen LogP contribution in [0, 0.1) is 0 Å². The number of aliphatic hydroxyl groups excluding tert-OH is 1. The molecule has 1 aliphatic rings. The Kier molecular flexibility index (Phi) is 2.36. The maximum Gasteiger partial charge on any atom is 0.0552 e. The van der Waals surface area contributed by atoms with Gasteiger partial charge in [-0.1, -0.05) is 18.2 Å². The molecule has 0 saturated heterocycles. The number of fused-ring (bicyclic) bond motifs is 1. The Morgan fingerprint density at radius 1 is 1.38 bits per heavy atom. The van der Waals surface area contributed by atoms with E-state index in [1.807, 2.05) is 6.92 Å². The molecule has 70 valence electrons. The summed E-state index contributed by atoms with van der Waals surface area (Å²) in [6.45, 7) is 1.86. The molecule has 0 radical (unpaired) electrons. The summed E-state index contributed by atoms with van der Waals surface area (Å²) in [6, 6.07) is 6.48. The molecule has 1 nitrogen and oxygen atoms in total. The molecule has 1 aromatic carbocycles. The predicted octanol–water partition coefficient (Wildman–Crippen LogP) is 2.10. The summed E-state index contributed by atoms with van der Waals surface area (Å²) in [7, 11) is 0. The fraction of sp³-hybridized carbons (Fsp3) is 0.500. The molecule has 0 amide bonds. The largest absolute Gasteiger partial charge is 0.393 e. The van der Waals surface area contributed by atoms with Crippen LogP contribution in [0.3, 0.4) is 0 Å². The zero-order valence-corrected chi connectivity index (χ0v) is 8.09. The monoisotopic (exact) mass is 176 g/mol. The van der Waals surface area contributed by atoms with Gasteiger partial charge in [0, 0.05) is 0 Å². The highest BCUT2D eigenvalue weighted by Gasteiger charge is 2.14. The summed E-state index contributed by atoms with van der Waals surface area (Å²) >= 11 is 0. The average molecular weight is 176 g/mol. The first kappa shape index (κ1) is 8.76. The fourth-order valence-corrected chi connectivity index (χ4v) is 2.21. The lowest BCUT2D eigenvalue weighted by Crippen LogP contribution is -2.06. The molecule has 0 spiro atoms. The van der Waals surface area contributed by atoms with Gasteiger partial charge < -0.3 is 5.11 Å². The first-order valence-electron chi connectivity index (χ1n) is 5.05. The van der Waals surface area contributed by atoms with Gasteiger partial charge in [-0.2, -0.15) is 0 Å². The Morgan fingerprint density at radius 3 is 3.00 bits per heavy atom. The molecule has 0 aromatic heterocycles. The SMILES string of the molecule is C[C@H](O)Cc1cccc2c1CCC2. The van der Waals surface area contributed by atoms with Crippen LogP contribution in [0.4, 0.5) is 0 Å². The summed E-state index contributed by atoms with van der Waals surface area (Å²) in [4.78, 5) is 0. The van der Waals surface area contributed by atoms with Gasteiger partial charge in [-0.3, -0.25) is 0 Å². The van der Waals surface area contributed by atoms with Gasteiger partial charge in [-0.25, -0.2) is 0 Å². The number of benzene rings is 1. The van der Waals surface area contributed by atoms with E-state index in [0.717, 1.165) is 6.42 Å². The van der Waals surface area contributed by atoms with E-state index in [1.54, 1.807) is 0 Å². The fourth-order valence-electron chi connectivity index (χ4n) is 2.21. The van der Waals surface area contributed by atoms with E-state index >= 15 is 0 Å². The van der Waals surface area contributed by atoms with Gasteiger partial charge in [-0.05, 0) is 49.3 Å². The van der Waals surface area contributed by atoms with Crippen molar-refractivity contribution in [3.8, 4) is 0 Å². The van der Waals surface area contributed by atoms with Gasteiger partial charge >= 0.3 is 0 Å². The van der Waals surface area contributed by atoms with Crippen LogP contribution in [0.1, 0.15) is 30.0 Å². The molecular weight excluding hydrogens is 160 g/mol. The smallest absolute Gasteiger partial charge is 0.0552 e. The third-order valence-electron chi connectivity index (χ3n) is 2.76. The van der Waals surface area contributed by atoms with Crippen molar-refractivity contribution in [2.75, 3.05) is 0 Å². The molecule has 1 heteroatoms. The van der Waals surface area contributed by atoms with E-state index in [-0.39, 0.29) is 6.10 Å². The lowest BCUT2D eigenvalue weighted by Gasteiger charge is -2.09. The van der Waals surface area contributed by atoms with Crippen LogP contribution >= 0.6 is 0 Å². The summed E-state index contributed by atoms with van der Waals surface area (Å²) < 4.78 is 0. The van der Waals surface area contributed by atoms with Gasteiger partial charge in [0.15, 0.2) is 0 Å². The topological polar surface area (TPSA) is 20.2 Å². The van der Waals surface area contributed by atoms with Crippen LogP contribution in [-0.2, 0) is 19.3 Å². The minimum absolute atomic E-state index is 0.216. The summed E-state index contributed by atoms with van der Waals surface area (Å²) in [5, 5.41) is 9.34. The van der Waals surface area contributed by atoms with Gasteiger partial charge in [0.05, 0.1) is 6.10 Å². The normalized spacial score (nSPS) is 17.1. The lowest BCUT2D eigenvalue weighted by molar-refractivity contribution is 0.195. The number of aryl methyl sites for hydroxylation is 1. The second-order valence-electron chi connectivity index (χ2n) is 3.96. The highest BCUT2D eigenvalue weighted by Crippen LogP contribution is 2.25. The van der Waals surface area contributed by atoms with E-state index in [0.29, 0.717) is 0 Å². The number of aliphatic hydroxyl groups is 1. The minimum atomic E-state index is -0.216. The Hall–Kier alpha value is -0.820. The van der Waals surface area contributed by atoms with E-state index in [4.69, 9.17) is 0 Å². The predicted molar refractivity (Wildman–Crippen MR) is 53.9 cm³/mol. The lowest BCUT2D eigenvalue weighted by atomic mass is 9.99. The molecule has 0 fully saturated rings. The third-order valence-corrected chi connectivity index (χ3v) is 2.76. The first-order chi connectivity index (χ1) is 6.27. The van der Waals surface area contributed by atoms with Crippen LogP contribution in [0.2, 0.25) is 0 Å². The average Bonchev–Trinajstić information content (AvgIpc) is 2.51. The highest BCUT2D eigenvalue weighted by atomic mass is 16.3. The number of rotatable bonds is 2. The minimum Gasteiger partial charge on any atom is -0.393 e. The molecule has 1 aromatic rings. The van der Waals surface area contributed by atoms with Crippen molar-refractivity contribution in [3.05, 3.63) is 34.9 Å².